The van der Waals surface area contributed by atoms with Crippen LogP contribution < -0.4 is 16.1 Å². The van der Waals surface area contributed by atoms with Crippen LogP contribution in [0, 0.1) is 3.57 Å². The summed E-state index contributed by atoms with van der Waals surface area (Å²) in [5.41, 5.74) is 3.05. The number of nitrogens with zero attached hydrogens (tertiary/aromatic N) is 1. The molecule has 0 atom stereocenters. The van der Waals surface area contributed by atoms with Gasteiger partial charge < -0.3 is 15.7 Å². The first-order chi connectivity index (χ1) is 10.9. The molecule has 1 rings (SSSR count). The summed E-state index contributed by atoms with van der Waals surface area (Å²) in [6.45, 7) is 1.27. The second-order valence-electron chi connectivity index (χ2n) is 4.50. The molecule has 3 amide bonds. The molecule has 23 heavy (non-hydrogen) atoms. The molecule has 0 aliphatic heterocycles. The van der Waals surface area contributed by atoms with E-state index in [-0.39, 0.29) is 25.5 Å². The van der Waals surface area contributed by atoms with Crippen LogP contribution in [0.3, 0.4) is 0 Å². The van der Waals surface area contributed by atoms with Crippen molar-refractivity contribution in [2.45, 2.75) is 13.3 Å². The van der Waals surface area contributed by atoms with Gasteiger partial charge in [0.05, 0.1) is 13.0 Å². The van der Waals surface area contributed by atoms with E-state index in [1.54, 1.807) is 19.1 Å². The monoisotopic (exact) mass is 432 g/mol. The standard InChI is InChI=1S/C14H17IN4O4/c1-9(18-19-14(23)13(22)16-6-7-20)8-12(21)17-11-4-2-10(15)3-5-11/h2-5,20H,6-8H2,1H3,(H,16,22)(H,17,21)(H,19,23). The Morgan fingerprint density at radius 3 is 2.43 bits per heavy atom. The third-order valence-electron chi connectivity index (χ3n) is 2.50. The van der Waals surface area contributed by atoms with Crippen LogP contribution in [0.25, 0.3) is 0 Å². The zero-order chi connectivity index (χ0) is 17.2. The maximum atomic E-state index is 11.8. The molecule has 0 radical (unpaired) electrons. The van der Waals surface area contributed by atoms with Crippen molar-refractivity contribution >= 4 is 51.7 Å². The molecule has 0 spiro atoms. The van der Waals surface area contributed by atoms with Gasteiger partial charge in [-0.15, -0.1) is 0 Å². The van der Waals surface area contributed by atoms with E-state index in [1.807, 2.05) is 17.6 Å². The van der Waals surface area contributed by atoms with Crippen molar-refractivity contribution in [1.82, 2.24) is 10.7 Å². The van der Waals surface area contributed by atoms with Gasteiger partial charge in [0.1, 0.15) is 0 Å². The smallest absolute Gasteiger partial charge is 0.329 e. The maximum Gasteiger partial charge on any atom is 0.329 e. The number of nitrogens with one attached hydrogen (secondary N) is 3. The SMILES string of the molecule is CC(CC(=O)Nc1ccc(I)cc1)=NNC(=O)C(=O)NCCO. The lowest BCUT2D eigenvalue weighted by atomic mass is 10.2. The fourth-order valence-corrected chi connectivity index (χ4v) is 1.82. The van der Waals surface area contributed by atoms with Crippen molar-refractivity contribution in [3.05, 3.63) is 27.8 Å². The van der Waals surface area contributed by atoms with Gasteiger partial charge in [-0.3, -0.25) is 14.4 Å². The molecular weight excluding hydrogens is 415 g/mol. The Hall–Kier alpha value is -2.01. The van der Waals surface area contributed by atoms with Crippen molar-refractivity contribution in [2.24, 2.45) is 5.10 Å². The molecule has 0 fully saturated rings. The van der Waals surface area contributed by atoms with Crippen molar-refractivity contribution in [3.8, 4) is 0 Å². The molecule has 0 aliphatic carbocycles. The number of aliphatic hydroxyl groups excluding tert-OH is 1. The van der Waals surface area contributed by atoms with E-state index in [4.69, 9.17) is 5.11 Å². The van der Waals surface area contributed by atoms with E-state index in [0.29, 0.717) is 11.4 Å². The molecule has 9 heteroatoms. The molecule has 1 aromatic rings. The second-order valence-corrected chi connectivity index (χ2v) is 5.74. The molecular formula is C14H17IN4O4. The van der Waals surface area contributed by atoms with E-state index in [1.165, 1.54) is 0 Å². The minimum atomic E-state index is -0.962. The molecule has 0 heterocycles. The zero-order valence-corrected chi connectivity index (χ0v) is 14.6. The average molecular weight is 432 g/mol. The normalized spacial score (nSPS) is 10.8. The van der Waals surface area contributed by atoms with E-state index in [2.05, 4.69) is 38.3 Å². The van der Waals surface area contributed by atoms with Crippen LogP contribution in [-0.2, 0) is 14.4 Å². The first kappa shape index (κ1) is 19.0. The van der Waals surface area contributed by atoms with Gasteiger partial charge in [-0.05, 0) is 53.8 Å². The van der Waals surface area contributed by atoms with Crippen molar-refractivity contribution in [1.29, 1.82) is 0 Å². The molecule has 0 saturated carbocycles. The number of carbonyl (C=O) groups excluding carboxylic acids is 3. The summed E-state index contributed by atoms with van der Waals surface area (Å²) in [6, 6.07) is 7.28. The summed E-state index contributed by atoms with van der Waals surface area (Å²) in [4.78, 5) is 34.4. The van der Waals surface area contributed by atoms with E-state index < -0.39 is 11.8 Å². The number of amides is 3. The fourth-order valence-electron chi connectivity index (χ4n) is 1.46. The summed E-state index contributed by atoms with van der Waals surface area (Å²) in [7, 11) is 0. The predicted octanol–water partition coefficient (Wildman–Crippen LogP) is 0.220. The first-order valence-corrected chi connectivity index (χ1v) is 7.78. The predicted molar refractivity (Wildman–Crippen MR) is 93.8 cm³/mol. The number of benzene rings is 1. The van der Waals surface area contributed by atoms with E-state index >= 15 is 0 Å². The Morgan fingerprint density at radius 2 is 1.83 bits per heavy atom. The van der Waals surface area contributed by atoms with Gasteiger partial charge in [-0.2, -0.15) is 5.10 Å². The Balaban J connectivity index is 2.43. The summed E-state index contributed by atoms with van der Waals surface area (Å²) in [5.74, 6) is -2.15. The molecule has 124 valence electrons. The molecule has 0 bridgehead atoms. The minimum absolute atomic E-state index is 0.0205. The number of aliphatic hydroxyl groups is 1. The van der Waals surface area contributed by atoms with Crippen LogP contribution in [0.4, 0.5) is 5.69 Å². The highest BCUT2D eigenvalue weighted by Gasteiger charge is 2.12. The second kappa shape index (κ2) is 9.90. The van der Waals surface area contributed by atoms with Crippen LogP contribution in [-0.4, -0.2) is 41.7 Å². The number of halogens is 1. The highest BCUT2D eigenvalue weighted by Crippen LogP contribution is 2.11. The third kappa shape index (κ3) is 7.70. The number of carbonyl (C=O) groups is 3. The summed E-state index contributed by atoms with van der Waals surface area (Å²) in [5, 5.41) is 17.1. The van der Waals surface area contributed by atoms with Gasteiger partial charge in [0.15, 0.2) is 0 Å². The van der Waals surface area contributed by atoms with Crippen LogP contribution >= 0.6 is 22.6 Å². The topological polar surface area (TPSA) is 120 Å². The third-order valence-corrected chi connectivity index (χ3v) is 3.22. The maximum absolute atomic E-state index is 11.8. The van der Waals surface area contributed by atoms with Gasteiger partial charge in [0.2, 0.25) is 5.91 Å². The Labute approximate surface area is 146 Å². The Bertz CT molecular complexity index is 601. The average Bonchev–Trinajstić information content (AvgIpc) is 2.52. The summed E-state index contributed by atoms with van der Waals surface area (Å²) >= 11 is 2.16. The highest BCUT2D eigenvalue weighted by atomic mass is 127. The van der Waals surface area contributed by atoms with Crippen LogP contribution in [0.5, 0.6) is 0 Å². The van der Waals surface area contributed by atoms with Crippen LogP contribution in [0.15, 0.2) is 29.4 Å². The van der Waals surface area contributed by atoms with Crippen molar-refractivity contribution in [3.63, 3.8) is 0 Å². The molecule has 8 nitrogen and oxygen atoms in total. The molecule has 0 saturated heterocycles. The lowest BCUT2D eigenvalue weighted by molar-refractivity contribution is -0.139. The van der Waals surface area contributed by atoms with Crippen molar-refractivity contribution < 1.29 is 19.5 Å². The molecule has 4 N–H and O–H groups in total. The van der Waals surface area contributed by atoms with Crippen LogP contribution in [0.1, 0.15) is 13.3 Å². The quantitative estimate of drug-likeness (QED) is 0.223. The van der Waals surface area contributed by atoms with E-state index in [9.17, 15) is 14.4 Å². The Morgan fingerprint density at radius 1 is 1.17 bits per heavy atom. The van der Waals surface area contributed by atoms with Gasteiger partial charge in [-0.25, -0.2) is 5.43 Å². The largest absolute Gasteiger partial charge is 0.395 e. The summed E-state index contributed by atoms with van der Waals surface area (Å²) < 4.78 is 1.06. The van der Waals surface area contributed by atoms with Gasteiger partial charge in [0, 0.05) is 21.5 Å². The van der Waals surface area contributed by atoms with Gasteiger partial charge >= 0.3 is 11.8 Å². The summed E-state index contributed by atoms with van der Waals surface area (Å²) in [6.07, 6.45) is -0.0233. The Kier molecular flexibility index (Phi) is 8.19. The van der Waals surface area contributed by atoms with Gasteiger partial charge in [0.25, 0.3) is 0 Å². The van der Waals surface area contributed by atoms with E-state index in [0.717, 1.165) is 3.57 Å². The lowest BCUT2D eigenvalue weighted by Gasteiger charge is -2.06. The minimum Gasteiger partial charge on any atom is -0.395 e. The zero-order valence-electron chi connectivity index (χ0n) is 12.4. The number of rotatable bonds is 6. The van der Waals surface area contributed by atoms with Gasteiger partial charge in [-0.1, -0.05) is 0 Å². The van der Waals surface area contributed by atoms with Crippen LogP contribution in [0.2, 0.25) is 0 Å². The molecule has 0 unspecified atom stereocenters. The number of hydrazone groups is 1. The number of anilines is 1. The first-order valence-electron chi connectivity index (χ1n) is 6.70. The van der Waals surface area contributed by atoms with Crippen molar-refractivity contribution in [2.75, 3.05) is 18.5 Å². The molecule has 0 aromatic heterocycles. The molecule has 1 aromatic carbocycles. The number of hydrogen-bond acceptors (Lipinski definition) is 5. The number of hydrogen-bond donors (Lipinski definition) is 4. The lowest BCUT2D eigenvalue weighted by Crippen LogP contribution is -2.39. The molecule has 0 aliphatic rings. The highest BCUT2D eigenvalue weighted by molar-refractivity contribution is 14.1. The fraction of sp³-hybridized carbons (Fsp3) is 0.286.